The third kappa shape index (κ3) is 3.54. The first kappa shape index (κ1) is 14.9. The van der Waals surface area contributed by atoms with Gasteiger partial charge in [0.15, 0.2) is 0 Å². The van der Waals surface area contributed by atoms with Crippen LogP contribution in [0.15, 0.2) is 42.5 Å². The second kappa shape index (κ2) is 6.31. The van der Waals surface area contributed by atoms with E-state index >= 15 is 0 Å². The van der Waals surface area contributed by atoms with Crippen molar-refractivity contribution in [1.82, 2.24) is 0 Å². The maximum atomic E-state index is 12.4. The second-order valence-corrected chi connectivity index (χ2v) is 5.19. The van der Waals surface area contributed by atoms with Crippen molar-refractivity contribution in [2.24, 2.45) is 0 Å². The molecule has 0 aliphatic carbocycles. The molecule has 0 unspecified atom stereocenters. The molecule has 0 saturated heterocycles. The van der Waals surface area contributed by atoms with Gasteiger partial charge in [0.25, 0.3) is 5.91 Å². The minimum absolute atomic E-state index is 0.111. The molecule has 2 rings (SSSR count). The number of carbonyl (C=O) groups excluding carboxylic acids is 1. The molecule has 0 bridgehead atoms. The van der Waals surface area contributed by atoms with E-state index in [-0.39, 0.29) is 5.91 Å². The zero-order valence-electron chi connectivity index (χ0n) is 12.9. The molecule has 4 heteroatoms. The molecule has 4 nitrogen and oxygen atoms in total. The minimum atomic E-state index is -0.111. The summed E-state index contributed by atoms with van der Waals surface area (Å²) in [7, 11) is 5.78. The lowest BCUT2D eigenvalue weighted by atomic mass is 10.1. The third-order valence-electron chi connectivity index (χ3n) is 3.33. The van der Waals surface area contributed by atoms with Crippen LogP contribution in [0.3, 0.4) is 0 Å². The zero-order chi connectivity index (χ0) is 15.4. The van der Waals surface area contributed by atoms with E-state index in [0.717, 1.165) is 22.6 Å². The summed E-state index contributed by atoms with van der Waals surface area (Å²) in [6, 6.07) is 13.5. The molecule has 0 aliphatic heterocycles. The lowest BCUT2D eigenvalue weighted by Crippen LogP contribution is -2.14. The van der Waals surface area contributed by atoms with Crippen LogP contribution in [0.1, 0.15) is 15.9 Å². The van der Waals surface area contributed by atoms with Crippen molar-refractivity contribution in [3.05, 3.63) is 53.6 Å². The Morgan fingerprint density at radius 3 is 2.29 bits per heavy atom. The van der Waals surface area contributed by atoms with Crippen LogP contribution in [0.2, 0.25) is 0 Å². The molecular formula is C17H21N3O. The molecule has 0 saturated carbocycles. The summed E-state index contributed by atoms with van der Waals surface area (Å²) in [4.78, 5) is 14.4. The van der Waals surface area contributed by atoms with Crippen molar-refractivity contribution < 1.29 is 4.79 Å². The highest BCUT2D eigenvalue weighted by molar-refractivity contribution is 6.08. The Kier molecular flexibility index (Phi) is 4.48. The van der Waals surface area contributed by atoms with Gasteiger partial charge in [-0.1, -0.05) is 11.6 Å². The SMILES string of the molecule is CNc1ccc(C)cc1C(=O)Nc1ccc(N(C)C)cc1. The number of hydrogen-bond donors (Lipinski definition) is 2. The number of benzene rings is 2. The van der Waals surface area contributed by atoms with E-state index in [1.165, 1.54) is 0 Å². The van der Waals surface area contributed by atoms with Gasteiger partial charge in [-0.05, 0) is 43.3 Å². The van der Waals surface area contributed by atoms with Crippen LogP contribution in [0, 0.1) is 6.92 Å². The van der Waals surface area contributed by atoms with Gasteiger partial charge in [0.05, 0.1) is 5.56 Å². The summed E-state index contributed by atoms with van der Waals surface area (Å²) in [5, 5.41) is 5.97. The predicted octanol–water partition coefficient (Wildman–Crippen LogP) is 3.36. The fourth-order valence-corrected chi connectivity index (χ4v) is 2.11. The van der Waals surface area contributed by atoms with E-state index in [9.17, 15) is 4.79 Å². The van der Waals surface area contributed by atoms with Crippen LogP contribution in [0.25, 0.3) is 0 Å². The van der Waals surface area contributed by atoms with Crippen molar-refractivity contribution in [2.75, 3.05) is 36.7 Å². The highest BCUT2D eigenvalue weighted by atomic mass is 16.1. The molecule has 110 valence electrons. The van der Waals surface area contributed by atoms with Crippen LogP contribution >= 0.6 is 0 Å². The van der Waals surface area contributed by atoms with E-state index in [4.69, 9.17) is 0 Å². The Bertz CT molecular complexity index is 633. The smallest absolute Gasteiger partial charge is 0.257 e. The first-order valence-electron chi connectivity index (χ1n) is 6.88. The summed E-state index contributed by atoms with van der Waals surface area (Å²) in [6.45, 7) is 1.97. The molecule has 1 amide bonds. The van der Waals surface area contributed by atoms with Gasteiger partial charge in [-0.15, -0.1) is 0 Å². The Hall–Kier alpha value is -2.49. The molecule has 21 heavy (non-hydrogen) atoms. The fourth-order valence-electron chi connectivity index (χ4n) is 2.11. The van der Waals surface area contributed by atoms with Crippen molar-refractivity contribution >= 4 is 23.0 Å². The summed E-state index contributed by atoms with van der Waals surface area (Å²) in [5.41, 5.74) is 4.41. The average Bonchev–Trinajstić information content (AvgIpc) is 2.47. The summed E-state index contributed by atoms with van der Waals surface area (Å²) in [5.74, 6) is -0.111. The molecular weight excluding hydrogens is 262 g/mol. The molecule has 2 aromatic carbocycles. The van der Waals surface area contributed by atoms with Crippen LogP contribution in [-0.4, -0.2) is 27.1 Å². The van der Waals surface area contributed by atoms with Crippen molar-refractivity contribution in [3.8, 4) is 0 Å². The second-order valence-electron chi connectivity index (χ2n) is 5.19. The van der Waals surface area contributed by atoms with Gasteiger partial charge in [-0.3, -0.25) is 4.79 Å². The number of nitrogens with zero attached hydrogens (tertiary/aromatic N) is 1. The molecule has 0 spiro atoms. The van der Waals surface area contributed by atoms with Crippen LogP contribution in [-0.2, 0) is 0 Å². The number of amides is 1. The Morgan fingerprint density at radius 1 is 1.05 bits per heavy atom. The van der Waals surface area contributed by atoms with E-state index in [0.29, 0.717) is 5.56 Å². The molecule has 0 fully saturated rings. The van der Waals surface area contributed by atoms with Gasteiger partial charge in [0.1, 0.15) is 0 Å². The van der Waals surface area contributed by atoms with Crippen LogP contribution < -0.4 is 15.5 Å². The van der Waals surface area contributed by atoms with Crippen molar-refractivity contribution in [2.45, 2.75) is 6.92 Å². The predicted molar refractivity (Wildman–Crippen MR) is 89.4 cm³/mol. The van der Waals surface area contributed by atoms with Gasteiger partial charge in [-0.25, -0.2) is 0 Å². The molecule has 0 heterocycles. The number of anilines is 3. The van der Waals surface area contributed by atoms with Crippen LogP contribution in [0.5, 0.6) is 0 Å². The Morgan fingerprint density at radius 2 is 1.71 bits per heavy atom. The van der Waals surface area contributed by atoms with Crippen LogP contribution in [0.4, 0.5) is 17.1 Å². The molecule has 0 atom stereocenters. The molecule has 2 N–H and O–H groups in total. The van der Waals surface area contributed by atoms with Gasteiger partial charge in [0.2, 0.25) is 0 Å². The molecule has 0 aliphatic rings. The largest absolute Gasteiger partial charge is 0.387 e. The highest BCUT2D eigenvalue weighted by Gasteiger charge is 2.11. The number of aryl methyl sites for hydroxylation is 1. The monoisotopic (exact) mass is 283 g/mol. The number of rotatable bonds is 4. The standard InChI is InChI=1S/C17H21N3O/c1-12-5-10-16(18-2)15(11-12)17(21)19-13-6-8-14(9-7-13)20(3)4/h5-11,18H,1-4H3,(H,19,21). The third-order valence-corrected chi connectivity index (χ3v) is 3.33. The lowest BCUT2D eigenvalue weighted by molar-refractivity contribution is 0.102. The minimum Gasteiger partial charge on any atom is -0.387 e. The molecule has 0 aromatic heterocycles. The summed E-state index contributed by atoms with van der Waals surface area (Å²) < 4.78 is 0. The highest BCUT2D eigenvalue weighted by Crippen LogP contribution is 2.20. The first-order valence-corrected chi connectivity index (χ1v) is 6.88. The maximum absolute atomic E-state index is 12.4. The average molecular weight is 283 g/mol. The van der Waals surface area contributed by atoms with Gasteiger partial charge < -0.3 is 15.5 Å². The van der Waals surface area contributed by atoms with Crippen molar-refractivity contribution in [1.29, 1.82) is 0 Å². The van der Waals surface area contributed by atoms with Gasteiger partial charge in [-0.2, -0.15) is 0 Å². The fraction of sp³-hybridized carbons (Fsp3) is 0.235. The van der Waals surface area contributed by atoms with E-state index < -0.39 is 0 Å². The Labute approximate surface area is 125 Å². The van der Waals surface area contributed by atoms with E-state index in [1.54, 1.807) is 0 Å². The topological polar surface area (TPSA) is 44.4 Å². The lowest BCUT2D eigenvalue weighted by Gasteiger charge is -2.14. The number of hydrogen-bond acceptors (Lipinski definition) is 3. The first-order chi connectivity index (χ1) is 10.0. The van der Waals surface area contributed by atoms with E-state index in [2.05, 4.69) is 10.6 Å². The number of carbonyl (C=O) groups is 1. The quantitative estimate of drug-likeness (QED) is 0.904. The van der Waals surface area contributed by atoms with Crippen molar-refractivity contribution in [3.63, 3.8) is 0 Å². The van der Waals surface area contributed by atoms with E-state index in [1.807, 2.05) is 75.4 Å². The zero-order valence-corrected chi connectivity index (χ0v) is 12.9. The van der Waals surface area contributed by atoms with Gasteiger partial charge >= 0.3 is 0 Å². The molecule has 2 aromatic rings. The normalized spacial score (nSPS) is 10.1. The number of nitrogens with one attached hydrogen (secondary N) is 2. The Balaban J connectivity index is 2.19. The molecule has 0 radical (unpaired) electrons. The maximum Gasteiger partial charge on any atom is 0.257 e. The summed E-state index contributed by atoms with van der Waals surface area (Å²) in [6.07, 6.45) is 0. The van der Waals surface area contributed by atoms with Gasteiger partial charge in [0, 0.05) is 38.2 Å². The summed E-state index contributed by atoms with van der Waals surface area (Å²) >= 11 is 0.